The summed E-state index contributed by atoms with van der Waals surface area (Å²) < 4.78 is 5.42. The summed E-state index contributed by atoms with van der Waals surface area (Å²) in [4.78, 5) is 0. The molecule has 1 rings (SSSR count). The Bertz CT molecular complexity index is 236. The highest BCUT2D eigenvalue weighted by Gasteiger charge is 2.07. The largest absolute Gasteiger partial charge is 0.377 e. The van der Waals surface area contributed by atoms with E-state index in [9.17, 15) is 0 Å². The zero-order chi connectivity index (χ0) is 10.4. The Morgan fingerprint density at radius 2 is 2.36 bits per heavy atom. The van der Waals surface area contributed by atoms with E-state index in [0.717, 1.165) is 18.8 Å². The minimum atomic E-state index is 0.255. The molecule has 1 heterocycles. The zero-order valence-electron chi connectivity index (χ0n) is 9.08. The van der Waals surface area contributed by atoms with Crippen molar-refractivity contribution in [2.24, 2.45) is 0 Å². The van der Waals surface area contributed by atoms with Crippen molar-refractivity contribution in [3.05, 3.63) is 18.0 Å². The summed E-state index contributed by atoms with van der Waals surface area (Å²) in [6.45, 7) is 7.80. The van der Waals surface area contributed by atoms with Crippen LogP contribution in [0, 0.1) is 0 Å². The minimum absolute atomic E-state index is 0.255. The second-order valence-corrected chi connectivity index (χ2v) is 3.41. The molecule has 1 aromatic heterocycles. The molecular formula is C10H19N3O. The van der Waals surface area contributed by atoms with Gasteiger partial charge in [-0.3, -0.25) is 5.10 Å². The van der Waals surface area contributed by atoms with E-state index in [2.05, 4.69) is 29.4 Å². The topological polar surface area (TPSA) is 49.9 Å². The number of ether oxygens (including phenoxy) is 1. The van der Waals surface area contributed by atoms with Gasteiger partial charge in [0.2, 0.25) is 0 Å². The van der Waals surface area contributed by atoms with Gasteiger partial charge in [-0.1, -0.05) is 0 Å². The number of aromatic nitrogens is 2. The monoisotopic (exact) mass is 197 g/mol. The lowest BCUT2D eigenvalue weighted by Gasteiger charge is -2.16. The first-order valence-corrected chi connectivity index (χ1v) is 5.08. The molecule has 4 heteroatoms. The molecule has 2 N–H and O–H groups in total. The molecule has 0 aliphatic carbocycles. The molecule has 0 aromatic carbocycles. The molecule has 2 unspecified atom stereocenters. The van der Waals surface area contributed by atoms with Gasteiger partial charge < -0.3 is 10.1 Å². The standard InChI is InChI=1S/C10H19N3O/c1-4-14-8(2)7-11-9(3)10-5-6-12-13-10/h5-6,8-9,11H,4,7H2,1-3H3,(H,12,13). The summed E-state index contributed by atoms with van der Waals surface area (Å²) in [6, 6.07) is 2.27. The van der Waals surface area contributed by atoms with E-state index in [4.69, 9.17) is 4.74 Å². The molecule has 1 aromatic rings. The molecule has 0 fully saturated rings. The number of nitrogens with one attached hydrogen (secondary N) is 2. The van der Waals surface area contributed by atoms with Gasteiger partial charge in [0.15, 0.2) is 0 Å². The molecule has 0 spiro atoms. The van der Waals surface area contributed by atoms with E-state index in [1.165, 1.54) is 0 Å². The SMILES string of the molecule is CCOC(C)CNC(C)c1ccn[nH]1. The fourth-order valence-electron chi connectivity index (χ4n) is 1.30. The Morgan fingerprint density at radius 3 is 2.93 bits per heavy atom. The van der Waals surface area contributed by atoms with Gasteiger partial charge in [-0.25, -0.2) is 0 Å². The Balaban J connectivity index is 2.24. The van der Waals surface area contributed by atoms with Crippen molar-refractivity contribution in [3.63, 3.8) is 0 Å². The lowest BCUT2D eigenvalue weighted by atomic mass is 10.2. The van der Waals surface area contributed by atoms with Gasteiger partial charge in [-0.15, -0.1) is 0 Å². The lowest BCUT2D eigenvalue weighted by Crippen LogP contribution is -2.29. The highest BCUT2D eigenvalue weighted by molar-refractivity contribution is 5.02. The number of hydrogen-bond donors (Lipinski definition) is 2. The van der Waals surface area contributed by atoms with Crippen LogP contribution < -0.4 is 5.32 Å². The van der Waals surface area contributed by atoms with Gasteiger partial charge in [0.05, 0.1) is 11.8 Å². The van der Waals surface area contributed by atoms with Gasteiger partial charge in [0.25, 0.3) is 0 Å². The number of H-pyrrole nitrogens is 1. The molecule has 0 saturated heterocycles. The number of nitrogens with zero attached hydrogens (tertiary/aromatic N) is 1. The zero-order valence-corrected chi connectivity index (χ0v) is 9.08. The van der Waals surface area contributed by atoms with Crippen molar-refractivity contribution in [2.45, 2.75) is 32.9 Å². The normalized spacial score (nSPS) is 15.4. The molecule has 2 atom stereocenters. The van der Waals surface area contributed by atoms with Gasteiger partial charge >= 0.3 is 0 Å². The van der Waals surface area contributed by atoms with Crippen LogP contribution in [0.2, 0.25) is 0 Å². The first-order chi connectivity index (χ1) is 6.74. The predicted molar refractivity (Wildman–Crippen MR) is 56.1 cm³/mol. The van der Waals surface area contributed by atoms with E-state index in [-0.39, 0.29) is 6.10 Å². The quantitative estimate of drug-likeness (QED) is 0.726. The van der Waals surface area contributed by atoms with E-state index in [1.807, 2.05) is 13.0 Å². The van der Waals surface area contributed by atoms with Crippen molar-refractivity contribution in [1.29, 1.82) is 0 Å². The van der Waals surface area contributed by atoms with Gasteiger partial charge in [0, 0.05) is 25.4 Å². The number of rotatable bonds is 6. The summed E-state index contributed by atoms with van der Waals surface area (Å²) in [6.07, 6.45) is 2.02. The molecule has 0 amide bonds. The maximum absolute atomic E-state index is 5.42. The molecule has 80 valence electrons. The Labute approximate surface area is 85.0 Å². The fraction of sp³-hybridized carbons (Fsp3) is 0.700. The van der Waals surface area contributed by atoms with Crippen LogP contribution >= 0.6 is 0 Å². The Morgan fingerprint density at radius 1 is 1.57 bits per heavy atom. The molecule has 0 saturated carbocycles. The average Bonchev–Trinajstić information content (AvgIpc) is 2.67. The van der Waals surface area contributed by atoms with Crippen LogP contribution in [0.25, 0.3) is 0 Å². The molecule has 0 bridgehead atoms. The first kappa shape index (κ1) is 11.2. The smallest absolute Gasteiger partial charge is 0.0671 e. The lowest BCUT2D eigenvalue weighted by molar-refractivity contribution is 0.0742. The summed E-state index contributed by atoms with van der Waals surface area (Å²) in [5.41, 5.74) is 1.11. The minimum Gasteiger partial charge on any atom is -0.377 e. The number of hydrogen-bond acceptors (Lipinski definition) is 3. The summed E-state index contributed by atoms with van der Waals surface area (Å²) in [5.74, 6) is 0. The van der Waals surface area contributed by atoms with Crippen LogP contribution in [0.5, 0.6) is 0 Å². The van der Waals surface area contributed by atoms with Crippen LogP contribution in [0.4, 0.5) is 0 Å². The second kappa shape index (κ2) is 5.78. The third-order valence-corrected chi connectivity index (χ3v) is 2.15. The van der Waals surface area contributed by atoms with Crippen LogP contribution in [-0.2, 0) is 4.74 Å². The molecule has 0 radical (unpaired) electrons. The average molecular weight is 197 g/mol. The Hall–Kier alpha value is -0.870. The maximum Gasteiger partial charge on any atom is 0.0671 e. The third-order valence-electron chi connectivity index (χ3n) is 2.15. The predicted octanol–water partition coefficient (Wildman–Crippen LogP) is 1.49. The van der Waals surface area contributed by atoms with Gasteiger partial charge in [-0.2, -0.15) is 5.10 Å². The van der Waals surface area contributed by atoms with Crippen molar-refractivity contribution < 1.29 is 4.74 Å². The van der Waals surface area contributed by atoms with E-state index in [0.29, 0.717) is 6.04 Å². The number of aromatic amines is 1. The maximum atomic E-state index is 5.42. The highest BCUT2D eigenvalue weighted by atomic mass is 16.5. The fourth-order valence-corrected chi connectivity index (χ4v) is 1.30. The van der Waals surface area contributed by atoms with Gasteiger partial charge in [0.1, 0.15) is 0 Å². The molecule has 0 aliphatic heterocycles. The molecule has 14 heavy (non-hydrogen) atoms. The first-order valence-electron chi connectivity index (χ1n) is 5.08. The van der Waals surface area contributed by atoms with E-state index < -0.39 is 0 Å². The molecule has 4 nitrogen and oxygen atoms in total. The van der Waals surface area contributed by atoms with Crippen molar-refractivity contribution in [2.75, 3.05) is 13.2 Å². The molecule has 0 aliphatic rings. The second-order valence-electron chi connectivity index (χ2n) is 3.41. The van der Waals surface area contributed by atoms with Crippen LogP contribution in [0.3, 0.4) is 0 Å². The highest BCUT2D eigenvalue weighted by Crippen LogP contribution is 2.07. The summed E-state index contributed by atoms with van der Waals surface area (Å²) >= 11 is 0. The van der Waals surface area contributed by atoms with E-state index >= 15 is 0 Å². The van der Waals surface area contributed by atoms with Gasteiger partial charge in [-0.05, 0) is 26.8 Å². The Kier molecular flexibility index (Phi) is 4.62. The van der Waals surface area contributed by atoms with Crippen LogP contribution in [-0.4, -0.2) is 29.5 Å². The van der Waals surface area contributed by atoms with Crippen LogP contribution in [0.15, 0.2) is 12.3 Å². The van der Waals surface area contributed by atoms with Crippen LogP contribution in [0.1, 0.15) is 32.5 Å². The van der Waals surface area contributed by atoms with E-state index in [1.54, 1.807) is 6.20 Å². The summed E-state index contributed by atoms with van der Waals surface area (Å²) in [5, 5.41) is 10.2. The van der Waals surface area contributed by atoms with Crippen molar-refractivity contribution >= 4 is 0 Å². The molecular weight excluding hydrogens is 178 g/mol. The van der Waals surface area contributed by atoms with Crippen molar-refractivity contribution in [3.8, 4) is 0 Å². The van der Waals surface area contributed by atoms with Crippen molar-refractivity contribution in [1.82, 2.24) is 15.5 Å². The third kappa shape index (κ3) is 3.47. The summed E-state index contributed by atoms with van der Waals surface area (Å²) in [7, 11) is 0.